The first-order chi connectivity index (χ1) is 14.0. The predicted molar refractivity (Wildman–Crippen MR) is 105 cm³/mol. The summed E-state index contributed by atoms with van der Waals surface area (Å²) in [6.45, 7) is 6.34. The van der Waals surface area contributed by atoms with Crippen molar-refractivity contribution in [2.24, 2.45) is 5.92 Å². The van der Waals surface area contributed by atoms with Gasteiger partial charge in [0.05, 0.1) is 24.5 Å². The van der Waals surface area contributed by atoms with Crippen molar-refractivity contribution in [3.8, 4) is 5.69 Å². The highest BCUT2D eigenvalue weighted by atomic mass is 16.5. The Labute approximate surface area is 169 Å². The average Bonchev–Trinajstić information content (AvgIpc) is 3.21. The van der Waals surface area contributed by atoms with Crippen molar-refractivity contribution in [1.82, 2.24) is 25.5 Å². The van der Waals surface area contributed by atoms with Gasteiger partial charge in [0.15, 0.2) is 5.82 Å². The minimum absolute atomic E-state index is 0.290. The molecular formula is C20H27N5O4. The topological polar surface area (TPSA) is 108 Å². The molecule has 1 aromatic heterocycles. The molecule has 1 N–H and O–H groups in total. The fourth-order valence-electron chi connectivity index (χ4n) is 3.63. The molecule has 9 nitrogen and oxygen atoms in total. The third-order valence-corrected chi connectivity index (χ3v) is 5.27. The third-order valence-electron chi connectivity index (χ3n) is 5.27. The Bertz CT molecular complexity index is 841. The number of benzene rings is 1. The highest BCUT2D eigenvalue weighted by Crippen LogP contribution is 2.39. The van der Waals surface area contributed by atoms with Gasteiger partial charge in [-0.25, -0.2) is 9.59 Å². The Morgan fingerprint density at radius 3 is 2.41 bits per heavy atom. The van der Waals surface area contributed by atoms with Gasteiger partial charge in [-0.2, -0.15) is 4.68 Å². The number of ether oxygens (including phenoxy) is 2. The monoisotopic (exact) mass is 401 g/mol. The smallest absolute Gasteiger partial charge is 0.407 e. The fourth-order valence-corrected chi connectivity index (χ4v) is 3.63. The maximum Gasteiger partial charge on any atom is 0.407 e. The maximum atomic E-state index is 12.3. The summed E-state index contributed by atoms with van der Waals surface area (Å²) in [6.07, 6.45) is 2.85. The summed E-state index contributed by atoms with van der Waals surface area (Å²) < 4.78 is 11.8. The molecule has 0 bridgehead atoms. The summed E-state index contributed by atoms with van der Waals surface area (Å²) in [4.78, 5) is 24.2. The Kier molecular flexibility index (Phi) is 6.46. The fraction of sp³-hybridized carbons (Fsp3) is 0.550. The molecule has 0 radical (unpaired) electrons. The summed E-state index contributed by atoms with van der Waals surface area (Å²) in [7, 11) is 0. The zero-order chi connectivity index (χ0) is 20.9. The van der Waals surface area contributed by atoms with Crippen LogP contribution in [0.3, 0.4) is 0 Å². The summed E-state index contributed by atoms with van der Waals surface area (Å²) in [6, 6.07) is 6.87. The highest BCUT2D eigenvalue weighted by molar-refractivity contribution is 5.89. The number of carbonyl (C=O) groups is 2. The first kappa shape index (κ1) is 20.8. The van der Waals surface area contributed by atoms with Crippen LogP contribution in [-0.2, 0) is 15.0 Å². The Balaban J connectivity index is 1.93. The van der Waals surface area contributed by atoms with E-state index in [9.17, 15) is 9.59 Å². The standard InChI is InChI=1S/C20H27N5O4/c1-4-28-17(26)15-6-8-16(9-7-15)25-18(22-23-24-25)20(21-19(27)29-5-2)12-10-14(3)11-13-20/h6-9,14H,4-5,10-13H2,1-3H3,(H,21,27). The summed E-state index contributed by atoms with van der Waals surface area (Å²) in [5.41, 5.74) is 0.444. The number of rotatable bonds is 6. The molecular weight excluding hydrogens is 374 g/mol. The van der Waals surface area contributed by atoms with Crippen molar-refractivity contribution in [1.29, 1.82) is 0 Å². The summed E-state index contributed by atoms with van der Waals surface area (Å²) >= 11 is 0. The van der Waals surface area contributed by atoms with Gasteiger partial charge < -0.3 is 14.8 Å². The molecule has 2 aromatic rings. The van der Waals surface area contributed by atoms with E-state index in [0.717, 1.165) is 12.8 Å². The second-order valence-corrected chi connectivity index (χ2v) is 7.29. The number of aromatic nitrogens is 4. The van der Waals surface area contributed by atoms with Crippen LogP contribution in [-0.4, -0.2) is 45.5 Å². The Hall–Kier alpha value is -2.97. The number of hydrogen-bond donors (Lipinski definition) is 1. The molecule has 1 aliphatic carbocycles. The van der Waals surface area contributed by atoms with Crippen LogP contribution in [0.1, 0.15) is 62.6 Å². The molecule has 1 fully saturated rings. The van der Waals surface area contributed by atoms with Gasteiger partial charge in [0.25, 0.3) is 0 Å². The molecule has 1 aliphatic rings. The minimum Gasteiger partial charge on any atom is -0.462 e. The normalized spacial score (nSPS) is 21.4. The lowest BCUT2D eigenvalue weighted by atomic mass is 9.76. The van der Waals surface area contributed by atoms with E-state index < -0.39 is 11.6 Å². The molecule has 0 unspecified atom stereocenters. The van der Waals surface area contributed by atoms with Crippen molar-refractivity contribution < 1.29 is 19.1 Å². The summed E-state index contributed by atoms with van der Waals surface area (Å²) in [5, 5.41) is 15.3. The van der Waals surface area contributed by atoms with E-state index in [1.807, 2.05) is 0 Å². The van der Waals surface area contributed by atoms with Crippen LogP contribution >= 0.6 is 0 Å². The lowest BCUT2D eigenvalue weighted by molar-refractivity contribution is 0.0526. The third kappa shape index (κ3) is 4.55. The predicted octanol–water partition coefficient (Wildman–Crippen LogP) is 2.99. The molecule has 0 atom stereocenters. The molecule has 1 heterocycles. The molecule has 29 heavy (non-hydrogen) atoms. The van der Waals surface area contributed by atoms with Crippen molar-refractivity contribution in [3.05, 3.63) is 35.7 Å². The number of tetrazole rings is 1. The second-order valence-electron chi connectivity index (χ2n) is 7.29. The first-order valence-electron chi connectivity index (χ1n) is 10.0. The van der Waals surface area contributed by atoms with E-state index >= 15 is 0 Å². The van der Waals surface area contributed by atoms with Crippen molar-refractivity contribution >= 4 is 12.1 Å². The lowest BCUT2D eigenvalue weighted by Crippen LogP contribution is -2.50. The molecule has 0 aliphatic heterocycles. The highest BCUT2D eigenvalue weighted by Gasteiger charge is 2.42. The zero-order valence-electron chi connectivity index (χ0n) is 17.1. The molecule has 3 rings (SSSR count). The number of amides is 1. The number of hydrogen-bond acceptors (Lipinski definition) is 7. The van der Waals surface area contributed by atoms with Crippen molar-refractivity contribution in [2.75, 3.05) is 13.2 Å². The molecule has 0 spiro atoms. The number of alkyl carbamates (subject to hydrolysis) is 1. The van der Waals surface area contributed by atoms with E-state index in [4.69, 9.17) is 9.47 Å². The SMILES string of the molecule is CCOC(=O)NC1(c2nnnn2-c2ccc(C(=O)OCC)cc2)CCC(C)CC1. The van der Waals surface area contributed by atoms with Crippen LogP contribution in [0, 0.1) is 5.92 Å². The van der Waals surface area contributed by atoms with Crippen LogP contribution in [0.2, 0.25) is 0 Å². The van der Waals surface area contributed by atoms with Gasteiger partial charge >= 0.3 is 12.1 Å². The first-order valence-corrected chi connectivity index (χ1v) is 10.0. The van der Waals surface area contributed by atoms with E-state index in [1.54, 1.807) is 42.8 Å². The maximum absolute atomic E-state index is 12.3. The van der Waals surface area contributed by atoms with Gasteiger partial charge in [0, 0.05) is 0 Å². The van der Waals surface area contributed by atoms with Crippen LogP contribution in [0.15, 0.2) is 24.3 Å². The largest absolute Gasteiger partial charge is 0.462 e. The molecule has 9 heteroatoms. The minimum atomic E-state index is -0.706. The number of esters is 1. The molecule has 0 saturated heterocycles. The van der Waals surface area contributed by atoms with E-state index in [1.165, 1.54) is 0 Å². The van der Waals surface area contributed by atoms with Crippen LogP contribution in [0.5, 0.6) is 0 Å². The number of carbonyl (C=O) groups excluding carboxylic acids is 2. The van der Waals surface area contributed by atoms with Gasteiger partial charge in [-0.1, -0.05) is 6.92 Å². The van der Waals surface area contributed by atoms with E-state index in [-0.39, 0.29) is 5.97 Å². The average molecular weight is 401 g/mol. The second kappa shape index (κ2) is 9.02. The number of nitrogens with zero attached hydrogens (tertiary/aromatic N) is 4. The van der Waals surface area contributed by atoms with Crippen molar-refractivity contribution in [2.45, 2.75) is 52.0 Å². The van der Waals surface area contributed by atoms with Crippen LogP contribution in [0.25, 0.3) is 5.69 Å². The molecule has 156 valence electrons. The number of nitrogens with one attached hydrogen (secondary N) is 1. The molecule has 1 saturated carbocycles. The molecule has 1 amide bonds. The Morgan fingerprint density at radius 2 is 1.79 bits per heavy atom. The van der Waals surface area contributed by atoms with E-state index in [2.05, 4.69) is 27.8 Å². The summed E-state index contributed by atoms with van der Waals surface area (Å²) in [5.74, 6) is 0.749. The van der Waals surface area contributed by atoms with Gasteiger partial charge in [0.2, 0.25) is 0 Å². The van der Waals surface area contributed by atoms with Crippen molar-refractivity contribution in [3.63, 3.8) is 0 Å². The zero-order valence-corrected chi connectivity index (χ0v) is 17.1. The molecule has 1 aromatic carbocycles. The van der Waals surface area contributed by atoms with Gasteiger partial charge in [-0.05, 0) is 80.1 Å². The van der Waals surface area contributed by atoms with Gasteiger partial charge in [0.1, 0.15) is 5.54 Å². The van der Waals surface area contributed by atoms with Gasteiger partial charge in [-0.15, -0.1) is 5.10 Å². The van der Waals surface area contributed by atoms with Gasteiger partial charge in [-0.3, -0.25) is 0 Å². The Morgan fingerprint density at radius 1 is 1.14 bits per heavy atom. The van der Waals surface area contributed by atoms with E-state index in [0.29, 0.717) is 49.0 Å². The van der Waals surface area contributed by atoms with Crippen LogP contribution in [0.4, 0.5) is 4.79 Å². The van der Waals surface area contributed by atoms with Crippen LogP contribution < -0.4 is 5.32 Å². The quantitative estimate of drug-likeness (QED) is 0.741. The lowest BCUT2D eigenvalue weighted by Gasteiger charge is -2.38.